The van der Waals surface area contributed by atoms with Crippen LogP contribution in [0.2, 0.25) is 0 Å². The molecule has 1 fully saturated rings. The summed E-state index contributed by atoms with van der Waals surface area (Å²) in [6.07, 6.45) is 1.76. The predicted octanol–water partition coefficient (Wildman–Crippen LogP) is 5.10. The van der Waals surface area contributed by atoms with Gasteiger partial charge in [-0.05, 0) is 52.7 Å². The Bertz CT molecular complexity index is 909. The van der Waals surface area contributed by atoms with Crippen molar-refractivity contribution < 1.29 is 9.47 Å². The van der Waals surface area contributed by atoms with Crippen LogP contribution in [0.25, 0.3) is 11.4 Å². The van der Waals surface area contributed by atoms with Gasteiger partial charge in [-0.2, -0.15) is 9.97 Å². The minimum Gasteiger partial charge on any atom is -0.497 e. The number of nitrogens with one attached hydrogen (secondary N) is 2. The van der Waals surface area contributed by atoms with E-state index in [0.717, 1.165) is 12.8 Å². The van der Waals surface area contributed by atoms with Crippen molar-refractivity contribution in [1.29, 1.82) is 0 Å². The SMILES string of the molecule is COc1cc(OC)cc(-c2nc(NC3CC(C)(C)NC(C)(C)C3)nc(C(Cl)(Cl)Cl)n2)c1. The third-order valence-corrected chi connectivity index (χ3v) is 5.53. The molecule has 1 aliphatic rings. The second kappa shape index (κ2) is 8.77. The molecule has 1 saturated heterocycles. The number of benzene rings is 1. The van der Waals surface area contributed by atoms with Gasteiger partial charge in [-0.25, -0.2) is 4.98 Å². The van der Waals surface area contributed by atoms with E-state index < -0.39 is 3.79 Å². The standard InChI is InChI=1S/C21H28Cl3N5O2/c1-19(2)10-13(11-20(3,4)29-19)25-18-27-16(26-17(28-18)21(22,23)24)12-7-14(30-5)9-15(8-12)31-6/h7-9,13,29H,10-11H2,1-6H3,(H,25,26,27,28). The molecule has 7 nitrogen and oxygen atoms in total. The quantitative estimate of drug-likeness (QED) is 0.566. The van der Waals surface area contributed by atoms with Crippen molar-refractivity contribution in [2.45, 2.75) is 61.4 Å². The Morgan fingerprint density at radius 3 is 1.97 bits per heavy atom. The Morgan fingerprint density at radius 2 is 1.48 bits per heavy atom. The molecule has 1 aliphatic heterocycles. The molecule has 0 bridgehead atoms. The Kier molecular flexibility index (Phi) is 6.82. The number of halogens is 3. The molecule has 0 radical (unpaired) electrons. The van der Waals surface area contributed by atoms with E-state index in [-0.39, 0.29) is 22.9 Å². The molecule has 3 rings (SSSR count). The Morgan fingerprint density at radius 1 is 0.935 bits per heavy atom. The van der Waals surface area contributed by atoms with E-state index in [9.17, 15) is 0 Å². The van der Waals surface area contributed by atoms with Gasteiger partial charge in [0.25, 0.3) is 0 Å². The van der Waals surface area contributed by atoms with Crippen LogP contribution in [-0.4, -0.2) is 46.3 Å². The van der Waals surface area contributed by atoms with Crippen molar-refractivity contribution in [2.75, 3.05) is 19.5 Å². The zero-order chi connectivity index (χ0) is 23.0. The largest absolute Gasteiger partial charge is 0.497 e. The van der Waals surface area contributed by atoms with Crippen molar-refractivity contribution in [3.8, 4) is 22.9 Å². The lowest BCUT2D eigenvalue weighted by molar-refractivity contribution is 0.170. The number of hydrogen-bond acceptors (Lipinski definition) is 7. The van der Waals surface area contributed by atoms with Crippen molar-refractivity contribution in [3.05, 3.63) is 24.0 Å². The van der Waals surface area contributed by atoms with Gasteiger partial charge < -0.3 is 20.1 Å². The molecule has 1 aromatic heterocycles. The van der Waals surface area contributed by atoms with Gasteiger partial charge in [0.2, 0.25) is 9.74 Å². The number of rotatable bonds is 5. The summed E-state index contributed by atoms with van der Waals surface area (Å²) >= 11 is 18.4. The molecule has 2 aromatic rings. The molecule has 0 unspecified atom stereocenters. The smallest absolute Gasteiger partial charge is 0.250 e. The highest BCUT2D eigenvalue weighted by molar-refractivity contribution is 6.66. The average Bonchev–Trinajstić information content (AvgIpc) is 2.64. The zero-order valence-corrected chi connectivity index (χ0v) is 20.8. The van der Waals surface area contributed by atoms with Gasteiger partial charge in [0.15, 0.2) is 11.6 Å². The molecule has 2 heterocycles. The molecular formula is C21H28Cl3N5O2. The Balaban J connectivity index is 2.02. The topological polar surface area (TPSA) is 81.2 Å². The van der Waals surface area contributed by atoms with E-state index in [0.29, 0.717) is 28.8 Å². The van der Waals surface area contributed by atoms with Crippen molar-refractivity contribution in [1.82, 2.24) is 20.3 Å². The van der Waals surface area contributed by atoms with E-state index in [1.165, 1.54) is 0 Å². The lowest BCUT2D eigenvalue weighted by Gasteiger charge is -2.46. The van der Waals surface area contributed by atoms with Gasteiger partial charge in [0, 0.05) is 28.7 Å². The first-order chi connectivity index (χ1) is 14.3. The number of hydrogen-bond donors (Lipinski definition) is 2. The van der Waals surface area contributed by atoms with Gasteiger partial charge in [-0.1, -0.05) is 34.8 Å². The molecule has 0 saturated carbocycles. The maximum absolute atomic E-state index is 6.13. The van der Waals surface area contributed by atoms with E-state index in [1.54, 1.807) is 32.4 Å². The van der Waals surface area contributed by atoms with Gasteiger partial charge >= 0.3 is 0 Å². The second-order valence-electron chi connectivity index (χ2n) is 9.05. The summed E-state index contributed by atoms with van der Waals surface area (Å²) in [6, 6.07) is 5.48. The molecule has 0 aliphatic carbocycles. The highest BCUT2D eigenvalue weighted by Gasteiger charge is 2.38. The van der Waals surface area contributed by atoms with Crippen LogP contribution in [-0.2, 0) is 3.79 Å². The number of nitrogens with zero attached hydrogens (tertiary/aromatic N) is 3. The third-order valence-electron chi connectivity index (χ3n) is 5.02. The highest BCUT2D eigenvalue weighted by atomic mass is 35.6. The number of aromatic nitrogens is 3. The molecule has 0 atom stereocenters. The molecule has 0 amide bonds. The van der Waals surface area contributed by atoms with Gasteiger partial charge in [-0.3, -0.25) is 0 Å². The normalized spacial score (nSPS) is 18.5. The fraction of sp³-hybridized carbons (Fsp3) is 0.571. The van der Waals surface area contributed by atoms with Crippen LogP contribution in [0, 0.1) is 0 Å². The molecule has 10 heteroatoms. The lowest BCUT2D eigenvalue weighted by atomic mass is 9.80. The van der Waals surface area contributed by atoms with E-state index in [4.69, 9.17) is 44.3 Å². The Hall–Kier alpha value is -1.54. The van der Waals surface area contributed by atoms with Gasteiger partial charge in [0.1, 0.15) is 11.5 Å². The monoisotopic (exact) mass is 487 g/mol. The summed E-state index contributed by atoms with van der Waals surface area (Å²) in [4.78, 5) is 13.4. The second-order valence-corrected chi connectivity index (χ2v) is 11.3. The van der Waals surface area contributed by atoms with Crippen LogP contribution in [0.4, 0.5) is 5.95 Å². The fourth-order valence-electron chi connectivity index (χ4n) is 4.24. The first kappa shape index (κ1) is 24.1. The molecule has 31 heavy (non-hydrogen) atoms. The van der Waals surface area contributed by atoms with Crippen molar-refractivity contribution in [2.24, 2.45) is 0 Å². The molecule has 2 N–H and O–H groups in total. The number of methoxy groups -OCH3 is 2. The number of alkyl halides is 3. The first-order valence-electron chi connectivity index (χ1n) is 9.93. The minimum absolute atomic E-state index is 0.0410. The molecule has 170 valence electrons. The predicted molar refractivity (Wildman–Crippen MR) is 126 cm³/mol. The summed E-state index contributed by atoms with van der Waals surface area (Å²) in [5.74, 6) is 1.94. The maximum Gasteiger partial charge on any atom is 0.250 e. The first-order valence-corrected chi connectivity index (χ1v) is 11.1. The van der Waals surface area contributed by atoms with E-state index in [2.05, 4.69) is 53.3 Å². The number of ether oxygens (including phenoxy) is 2. The van der Waals surface area contributed by atoms with Crippen LogP contribution in [0.15, 0.2) is 18.2 Å². The lowest BCUT2D eigenvalue weighted by Crippen LogP contribution is -2.60. The summed E-state index contributed by atoms with van der Waals surface area (Å²) in [5.41, 5.74) is 0.559. The van der Waals surface area contributed by atoms with Crippen molar-refractivity contribution >= 4 is 40.8 Å². The van der Waals surface area contributed by atoms with Crippen LogP contribution >= 0.6 is 34.8 Å². The summed E-state index contributed by atoms with van der Waals surface area (Å²) < 4.78 is 8.92. The van der Waals surface area contributed by atoms with Crippen LogP contribution in [0.5, 0.6) is 11.5 Å². The summed E-state index contributed by atoms with van der Waals surface area (Å²) in [6.45, 7) is 8.71. The van der Waals surface area contributed by atoms with Crippen LogP contribution < -0.4 is 20.1 Å². The zero-order valence-electron chi connectivity index (χ0n) is 18.5. The third kappa shape index (κ3) is 6.25. The minimum atomic E-state index is -1.80. The van der Waals surface area contributed by atoms with Crippen LogP contribution in [0.1, 0.15) is 46.4 Å². The van der Waals surface area contributed by atoms with Crippen LogP contribution in [0.3, 0.4) is 0 Å². The summed E-state index contributed by atoms with van der Waals surface area (Å²) in [7, 11) is 3.15. The molecular weight excluding hydrogens is 461 g/mol. The van der Waals surface area contributed by atoms with E-state index in [1.807, 2.05) is 0 Å². The number of anilines is 1. The highest BCUT2D eigenvalue weighted by Crippen LogP contribution is 2.38. The fourth-order valence-corrected chi connectivity index (χ4v) is 4.49. The maximum atomic E-state index is 6.13. The van der Waals surface area contributed by atoms with Gasteiger partial charge in [-0.15, -0.1) is 0 Å². The van der Waals surface area contributed by atoms with E-state index >= 15 is 0 Å². The number of piperidine rings is 1. The average molecular weight is 489 g/mol. The Labute approximate surface area is 198 Å². The summed E-state index contributed by atoms with van der Waals surface area (Å²) in [5, 5.41) is 7.09. The van der Waals surface area contributed by atoms with Gasteiger partial charge in [0.05, 0.1) is 14.2 Å². The molecule has 1 aromatic carbocycles. The molecule has 0 spiro atoms. The van der Waals surface area contributed by atoms with Crippen molar-refractivity contribution in [3.63, 3.8) is 0 Å².